The molecule has 0 atom stereocenters. The zero-order valence-corrected chi connectivity index (χ0v) is 20.3. The predicted octanol–water partition coefficient (Wildman–Crippen LogP) is 4.39. The van der Waals surface area contributed by atoms with Crippen LogP contribution >= 0.6 is 0 Å². The van der Waals surface area contributed by atoms with Gasteiger partial charge in [-0.1, -0.05) is 20.8 Å². The lowest BCUT2D eigenvalue weighted by Gasteiger charge is -2.40. The van der Waals surface area contributed by atoms with Crippen LogP contribution in [0.3, 0.4) is 0 Å². The summed E-state index contributed by atoms with van der Waals surface area (Å²) in [6.45, 7) is 13.7. The summed E-state index contributed by atoms with van der Waals surface area (Å²) in [4.78, 5) is 41.6. The highest BCUT2D eigenvalue weighted by atomic mass is 16.2. The molecule has 2 aliphatic rings. The number of hydrogen-bond acceptors (Lipinski definition) is 4. The summed E-state index contributed by atoms with van der Waals surface area (Å²) >= 11 is 0. The predicted molar refractivity (Wildman–Crippen MR) is 128 cm³/mol. The third-order valence-corrected chi connectivity index (χ3v) is 7.06. The van der Waals surface area contributed by atoms with E-state index >= 15 is 0 Å². The van der Waals surface area contributed by atoms with Crippen molar-refractivity contribution in [3.63, 3.8) is 0 Å². The first-order chi connectivity index (χ1) is 15.0. The molecule has 1 aliphatic carbocycles. The maximum absolute atomic E-state index is 13.1. The maximum Gasteiger partial charge on any atom is 0.325 e. The van der Waals surface area contributed by atoms with Gasteiger partial charge in [-0.05, 0) is 82.1 Å². The molecule has 176 valence electrons. The van der Waals surface area contributed by atoms with Crippen LogP contribution in [0.15, 0.2) is 24.3 Å². The lowest BCUT2D eigenvalue weighted by molar-refractivity contribution is -0.135. The fraction of sp³-hybridized carbons (Fsp3) is 0.640. The standard InChI is InChI=1S/C25H38N4O3/c1-7-28(17(2)3)20-10-8-19(9-11-20)26-21(30)16-29-22(31)25(27-23(29)32)14-12-18(13-15-25)24(4,5)6/h8-11,17-18H,7,12-16H2,1-6H3,(H,26,30)(H,27,32). The van der Waals surface area contributed by atoms with Gasteiger partial charge in [0.15, 0.2) is 0 Å². The summed E-state index contributed by atoms with van der Waals surface area (Å²) in [7, 11) is 0. The number of hydrogen-bond donors (Lipinski definition) is 2. The molecule has 7 heteroatoms. The molecule has 4 amide bonds. The monoisotopic (exact) mass is 442 g/mol. The molecule has 1 aromatic rings. The van der Waals surface area contributed by atoms with Crippen molar-refractivity contribution < 1.29 is 14.4 Å². The summed E-state index contributed by atoms with van der Waals surface area (Å²) in [5.41, 5.74) is 1.07. The number of rotatable bonds is 6. The number of imide groups is 1. The third kappa shape index (κ3) is 4.92. The molecule has 1 spiro atoms. The van der Waals surface area contributed by atoms with Gasteiger partial charge in [0.1, 0.15) is 12.1 Å². The van der Waals surface area contributed by atoms with Crippen molar-refractivity contribution in [1.82, 2.24) is 10.2 Å². The Morgan fingerprint density at radius 3 is 2.28 bits per heavy atom. The lowest BCUT2D eigenvalue weighted by Crippen LogP contribution is -2.50. The average molecular weight is 443 g/mol. The zero-order chi connectivity index (χ0) is 23.7. The molecule has 1 aromatic carbocycles. The minimum atomic E-state index is -0.846. The summed E-state index contributed by atoms with van der Waals surface area (Å²) < 4.78 is 0. The van der Waals surface area contributed by atoms with Crippen molar-refractivity contribution in [2.24, 2.45) is 11.3 Å². The van der Waals surface area contributed by atoms with E-state index in [2.05, 4.69) is 57.1 Å². The van der Waals surface area contributed by atoms with E-state index in [1.807, 2.05) is 24.3 Å². The molecule has 1 aliphatic heterocycles. The zero-order valence-electron chi connectivity index (χ0n) is 20.3. The first-order valence-electron chi connectivity index (χ1n) is 11.8. The second-order valence-corrected chi connectivity index (χ2v) is 10.5. The van der Waals surface area contributed by atoms with Gasteiger partial charge in [0.25, 0.3) is 5.91 Å². The molecule has 3 rings (SSSR count). The molecule has 1 saturated carbocycles. The summed E-state index contributed by atoms with van der Waals surface area (Å²) in [6.07, 6.45) is 3.05. The van der Waals surface area contributed by atoms with Gasteiger partial charge >= 0.3 is 6.03 Å². The number of urea groups is 1. The van der Waals surface area contributed by atoms with Crippen LogP contribution in [-0.2, 0) is 9.59 Å². The van der Waals surface area contributed by atoms with Crippen molar-refractivity contribution in [2.75, 3.05) is 23.3 Å². The van der Waals surface area contributed by atoms with Crippen LogP contribution in [0.1, 0.15) is 67.2 Å². The molecule has 32 heavy (non-hydrogen) atoms. The SMILES string of the molecule is CCN(c1ccc(NC(=O)CN2C(=O)NC3(CCC(C(C)(C)C)CC3)C2=O)cc1)C(C)C. The largest absolute Gasteiger partial charge is 0.369 e. The normalized spacial score (nSPS) is 23.6. The van der Waals surface area contributed by atoms with Crippen molar-refractivity contribution >= 4 is 29.2 Å². The Labute approximate surface area is 191 Å². The molecular formula is C25H38N4O3. The summed E-state index contributed by atoms with van der Waals surface area (Å²) in [5.74, 6) is -0.119. The Bertz CT molecular complexity index is 849. The van der Waals surface area contributed by atoms with E-state index in [0.29, 0.717) is 30.5 Å². The lowest BCUT2D eigenvalue weighted by atomic mass is 9.67. The number of nitrogens with zero attached hydrogens (tertiary/aromatic N) is 2. The maximum atomic E-state index is 13.1. The Balaban J connectivity index is 1.60. The minimum Gasteiger partial charge on any atom is -0.369 e. The van der Waals surface area contributed by atoms with Gasteiger partial charge in [0, 0.05) is 24.0 Å². The minimum absolute atomic E-state index is 0.186. The van der Waals surface area contributed by atoms with Gasteiger partial charge in [0.05, 0.1) is 0 Å². The molecule has 2 N–H and O–H groups in total. The first-order valence-corrected chi connectivity index (χ1v) is 11.8. The molecule has 0 radical (unpaired) electrons. The van der Waals surface area contributed by atoms with Crippen molar-refractivity contribution in [2.45, 2.75) is 78.8 Å². The highest BCUT2D eigenvalue weighted by Gasteiger charge is 2.53. The van der Waals surface area contributed by atoms with E-state index in [4.69, 9.17) is 0 Å². The van der Waals surface area contributed by atoms with Crippen molar-refractivity contribution in [1.29, 1.82) is 0 Å². The van der Waals surface area contributed by atoms with E-state index < -0.39 is 11.6 Å². The number of amides is 4. The van der Waals surface area contributed by atoms with Gasteiger partial charge in [-0.2, -0.15) is 0 Å². The smallest absolute Gasteiger partial charge is 0.325 e. The number of carbonyl (C=O) groups excluding carboxylic acids is 3. The van der Waals surface area contributed by atoms with Gasteiger partial charge in [0.2, 0.25) is 5.91 Å². The molecule has 2 fully saturated rings. The van der Waals surface area contributed by atoms with Crippen molar-refractivity contribution in [3.05, 3.63) is 24.3 Å². The van der Waals surface area contributed by atoms with Crippen LogP contribution in [0.2, 0.25) is 0 Å². The molecule has 0 unspecified atom stereocenters. The fourth-order valence-corrected chi connectivity index (χ4v) is 5.06. The van der Waals surface area contributed by atoms with Crippen LogP contribution in [-0.4, -0.2) is 47.4 Å². The van der Waals surface area contributed by atoms with Crippen LogP contribution in [0.4, 0.5) is 16.2 Å². The fourth-order valence-electron chi connectivity index (χ4n) is 5.06. The number of anilines is 2. The second kappa shape index (κ2) is 9.12. The van der Waals surface area contributed by atoms with E-state index in [0.717, 1.165) is 30.0 Å². The molecular weight excluding hydrogens is 404 g/mol. The van der Waals surface area contributed by atoms with E-state index in [1.54, 1.807) is 0 Å². The highest BCUT2D eigenvalue weighted by molar-refractivity contribution is 6.10. The average Bonchev–Trinajstić information content (AvgIpc) is 2.93. The van der Waals surface area contributed by atoms with Gasteiger partial charge in [-0.15, -0.1) is 0 Å². The first kappa shape index (κ1) is 24.1. The Morgan fingerprint density at radius 2 is 1.78 bits per heavy atom. The number of carbonyl (C=O) groups is 3. The Hall–Kier alpha value is -2.57. The topological polar surface area (TPSA) is 81.8 Å². The molecule has 1 heterocycles. The number of nitrogens with one attached hydrogen (secondary N) is 2. The highest BCUT2D eigenvalue weighted by Crippen LogP contribution is 2.43. The van der Waals surface area contributed by atoms with E-state index in [1.165, 1.54) is 0 Å². The summed E-state index contributed by atoms with van der Waals surface area (Å²) in [5, 5.41) is 5.71. The van der Waals surface area contributed by atoms with Crippen LogP contribution in [0.25, 0.3) is 0 Å². The van der Waals surface area contributed by atoms with E-state index in [-0.39, 0.29) is 23.8 Å². The quantitative estimate of drug-likeness (QED) is 0.641. The summed E-state index contributed by atoms with van der Waals surface area (Å²) in [6, 6.07) is 7.54. The van der Waals surface area contributed by atoms with Crippen LogP contribution in [0, 0.1) is 11.3 Å². The molecule has 0 bridgehead atoms. The Morgan fingerprint density at radius 1 is 1.19 bits per heavy atom. The van der Waals surface area contributed by atoms with Gasteiger partial charge in [-0.3, -0.25) is 14.5 Å². The second-order valence-electron chi connectivity index (χ2n) is 10.5. The van der Waals surface area contributed by atoms with Crippen molar-refractivity contribution in [3.8, 4) is 0 Å². The van der Waals surface area contributed by atoms with Crippen LogP contribution in [0.5, 0.6) is 0 Å². The van der Waals surface area contributed by atoms with Gasteiger partial charge in [-0.25, -0.2) is 4.79 Å². The van der Waals surface area contributed by atoms with E-state index in [9.17, 15) is 14.4 Å². The molecule has 1 saturated heterocycles. The van der Waals surface area contributed by atoms with Crippen LogP contribution < -0.4 is 15.5 Å². The molecule has 7 nitrogen and oxygen atoms in total. The number of benzene rings is 1. The Kier molecular flexibility index (Phi) is 6.86. The van der Waals surface area contributed by atoms with Gasteiger partial charge < -0.3 is 15.5 Å². The third-order valence-electron chi connectivity index (χ3n) is 7.06. The molecule has 0 aromatic heterocycles.